The molecule has 0 aliphatic heterocycles. The van der Waals surface area contributed by atoms with Crippen molar-refractivity contribution >= 4 is 73.7 Å². The molecule has 0 aliphatic carbocycles. The van der Waals surface area contributed by atoms with Gasteiger partial charge in [-0.25, -0.2) is 0 Å². The van der Waals surface area contributed by atoms with Gasteiger partial charge in [0.1, 0.15) is 0 Å². The van der Waals surface area contributed by atoms with Crippen molar-refractivity contribution in [3.63, 3.8) is 0 Å². The van der Waals surface area contributed by atoms with Crippen molar-refractivity contribution in [3.05, 3.63) is 90.1 Å². The molecular formula is C31H23NS3. The second-order valence-corrected chi connectivity index (χ2v) is 12.8. The highest BCUT2D eigenvalue weighted by atomic mass is 32.2. The van der Waals surface area contributed by atoms with Crippen molar-refractivity contribution in [3.8, 4) is 21.7 Å². The van der Waals surface area contributed by atoms with E-state index in [0.717, 1.165) is 5.69 Å². The molecule has 1 nitrogen and oxygen atoms in total. The standard InChI is InChI=1S/C31H23NS3/c1-17(2)23-15-20(16-25-26(23)27-22-11-7-8-12-24(22)33-31(27)34-25)28-30-21(13-14-32-28)18(3)29(35-30)19-9-5-4-6-10-19/h4-17H,1-3H3. The Kier molecular flexibility index (Phi) is 4.85. The predicted octanol–water partition coefficient (Wildman–Crippen LogP) is 10.6. The third-order valence-corrected chi connectivity index (χ3v) is 10.7. The van der Waals surface area contributed by atoms with E-state index in [2.05, 4.69) is 93.6 Å². The highest BCUT2D eigenvalue weighted by molar-refractivity contribution is 7.44. The lowest BCUT2D eigenvalue weighted by atomic mass is 9.93. The summed E-state index contributed by atoms with van der Waals surface area (Å²) in [7, 11) is 0. The third kappa shape index (κ3) is 3.21. The van der Waals surface area contributed by atoms with Crippen LogP contribution in [0, 0.1) is 6.92 Å². The molecule has 170 valence electrons. The number of aromatic nitrogens is 1. The summed E-state index contributed by atoms with van der Waals surface area (Å²) in [4.78, 5) is 6.28. The van der Waals surface area contributed by atoms with Gasteiger partial charge in [-0.3, -0.25) is 4.98 Å². The molecule has 0 saturated heterocycles. The van der Waals surface area contributed by atoms with Crippen LogP contribution in [-0.4, -0.2) is 4.98 Å². The summed E-state index contributed by atoms with van der Waals surface area (Å²) in [5.74, 6) is 0.429. The van der Waals surface area contributed by atoms with Gasteiger partial charge in [-0.2, -0.15) is 0 Å². The van der Waals surface area contributed by atoms with Crippen LogP contribution in [0.25, 0.3) is 61.4 Å². The van der Waals surface area contributed by atoms with Gasteiger partial charge in [0.15, 0.2) is 0 Å². The van der Waals surface area contributed by atoms with E-state index < -0.39 is 0 Å². The minimum Gasteiger partial charge on any atom is -0.255 e. The number of benzene rings is 3. The number of aryl methyl sites for hydroxylation is 1. The van der Waals surface area contributed by atoms with E-state index in [1.165, 1.54) is 66.8 Å². The lowest BCUT2D eigenvalue weighted by Gasteiger charge is -2.12. The molecule has 0 bridgehead atoms. The van der Waals surface area contributed by atoms with Crippen molar-refractivity contribution < 1.29 is 0 Å². The molecular weight excluding hydrogens is 483 g/mol. The van der Waals surface area contributed by atoms with Crippen LogP contribution in [0.4, 0.5) is 0 Å². The predicted molar refractivity (Wildman–Crippen MR) is 158 cm³/mol. The summed E-state index contributed by atoms with van der Waals surface area (Å²) in [5.41, 5.74) is 6.37. The van der Waals surface area contributed by atoms with Gasteiger partial charge in [-0.15, -0.1) is 34.0 Å². The summed E-state index contributed by atoms with van der Waals surface area (Å²) >= 11 is 5.72. The first kappa shape index (κ1) is 21.3. The Hall–Kier alpha value is -3.05. The first-order chi connectivity index (χ1) is 17.1. The summed E-state index contributed by atoms with van der Waals surface area (Å²) in [6.07, 6.45) is 1.98. The maximum Gasteiger partial charge on any atom is 0.0890 e. The fourth-order valence-corrected chi connectivity index (χ4v) is 9.21. The van der Waals surface area contributed by atoms with Crippen LogP contribution in [-0.2, 0) is 0 Å². The van der Waals surface area contributed by atoms with Gasteiger partial charge in [0, 0.05) is 42.2 Å². The van der Waals surface area contributed by atoms with Crippen molar-refractivity contribution in [1.82, 2.24) is 4.98 Å². The SMILES string of the molecule is Cc1c(-c2ccccc2)sc2c(-c3cc(C(C)C)c4c(c3)sc3sc5ccccc5c34)nccc12. The third-order valence-electron chi connectivity index (χ3n) is 6.93. The van der Waals surface area contributed by atoms with E-state index in [-0.39, 0.29) is 0 Å². The average Bonchev–Trinajstić information content (AvgIpc) is 3.53. The molecule has 0 aliphatic rings. The molecule has 0 unspecified atom stereocenters. The van der Waals surface area contributed by atoms with Gasteiger partial charge in [0.25, 0.3) is 0 Å². The minimum absolute atomic E-state index is 0.429. The van der Waals surface area contributed by atoms with Crippen LogP contribution in [0.3, 0.4) is 0 Å². The first-order valence-electron chi connectivity index (χ1n) is 11.9. The van der Waals surface area contributed by atoms with E-state index in [1.54, 1.807) is 0 Å². The number of hydrogen-bond acceptors (Lipinski definition) is 4. The average molecular weight is 506 g/mol. The molecule has 0 amide bonds. The Morgan fingerprint density at radius 2 is 1.49 bits per heavy atom. The van der Waals surface area contributed by atoms with E-state index >= 15 is 0 Å². The Morgan fingerprint density at radius 1 is 0.714 bits per heavy atom. The Balaban J connectivity index is 1.51. The second kappa shape index (κ2) is 7.99. The summed E-state index contributed by atoms with van der Waals surface area (Å²) < 4.78 is 5.45. The smallest absolute Gasteiger partial charge is 0.0890 e. The zero-order chi connectivity index (χ0) is 23.7. The number of rotatable bonds is 3. The van der Waals surface area contributed by atoms with Crippen molar-refractivity contribution in [1.29, 1.82) is 0 Å². The monoisotopic (exact) mass is 505 g/mol. The molecule has 3 aromatic carbocycles. The van der Waals surface area contributed by atoms with Crippen LogP contribution in [0.1, 0.15) is 30.9 Å². The van der Waals surface area contributed by atoms with Crippen molar-refractivity contribution in [2.24, 2.45) is 0 Å². The molecule has 0 fully saturated rings. The first-order valence-corrected chi connectivity index (χ1v) is 14.4. The lowest BCUT2D eigenvalue weighted by molar-refractivity contribution is 0.878. The topological polar surface area (TPSA) is 12.9 Å². The van der Waals surface area contributed by atoms with E-state index in [1.807, 2.05) is 40.2 Å². The number of nitrogens with zero attached hydrogens (tertiary/aromatic N) is 1. The maximum atomic E-state index is 4.94. The van der Waals surface area contributed by atoms with Crippen LogP contribution >= 0.6 is 34.0 Å². The fraction of sp³-hybridized carbons (Fsp3) is 0.129. The molecule has 0 atom stereocenters. The van der Waals surface area contributed by atoms with Crippen LogP contribution < -0.4 is 0 Å². The number of hydrogen-bond donors (Lipinski definition) is 0. The van der Waals surface area contributed by atoms with Gasteiger partial charge in [0.2, 0.25) is 0 Å². The quantitative estimate of drug-likeness (QED) is 0.233. The van der Waals surface area contributed by atoms with Gasteiger partial charge in [0.05, 0.1) is 14.4 Å². The minimum atomic E-state index is 0.429. The van der Waals surface area contributed by atoms with Crippen molar-refractivity contribution in [2.75, 3.05) is 0 Å². The van der Waals surface area contributed by atoms with E-state index in [0.29, 0.717) is 5.92 Å². The molecule has 7 aromatic rings. The highest BCUT2D eigenvalue weighted by Crippen LogP contribution is 2.49. The number of thiophene rings is 3. The van der Waals surface area contributed by atoms with E-state index in [9.17, 15) is 0 Å². The van der Waals surface area contributed by atoms with Crippen LogP contribution in [0.2, 0.25) is 0 Å². The van der Waals surface area contributed by atoms with Gasteiger partial charge in [-0.1, -0.05) is 62.4 Å². The molecule has 0 radical (unpaired) electrons. The van der Waals surface area contributed by atoms with Gasteiger partial charge in [-0.05, 0) is 59.2 Å². The Labute approximate surface area is 216 Å². The summed E-state index contributed by atoms with van der Waals surface area (Å²) in [6, 6.07) is 26.5. The molecule has 4 heteroatoms. The molecule has 7 rings (SSSR count). The van der Waals surface area contributed by atoms with E-state index in [4.69, 9.17) is 4.98 Å². The Morgan fingerprint density at radius 3 is 2.31 bits per heavy atom. The summed E-state index contributed by atoms with van der Waals surface area (Å²) in [6.45, 7) is 6.87. The largest absolute Gasteiger partial charge is 0.255 e. The number of fused-ring (bicyclic) bond motifs is 6. The van der Waals surface area contributed by atoms with Crippen LogP contribution in [0.15, 0.2) is 79.0 Å². The second-order valence-electron chi connectivity index (χ2n) is 9.41. The molecule has 4 aromatic heterocycles. The molecule has 35 heavy (non-hydrogen) atoms. The number of pyridine rings is 1. The van der Waals surface area contributed by atoms with Gasteiger partial charge >= 0.3 is 0 Å². The molecule has 4 heterocycles. The molecule has 0 N–H and O–H groups in total. The zero-order valence-electron chi connectivity index (χ0n) is 19.8. The highest BCUT2D eigenvalue weighted by Gasteiger charge is 2.20. The zero-order valence-corrected chi connectivity index (χ0v) is 22.2. The van der Waals surface area contributed by atoms with Gasteiger partial charge < -0.3 is 0 Å². The normalized spacial score (nSPS) is 12.1. The fourth-order valence-electron chi connectivity index (χ4n) is 5.23. The lowest BCUT2D eigenvalue weighted by Crippen LogP contribution is -1.91. The Bertz CT molecular complexity index is 1880. The van der Waals surface area contributed by atoms with Crippen LogP contribution in [0.5, 0.6) is 0 Å². The summed E-state index contributed by atoms with van der Waals surface area (Å²) in [5, 5.41) is 5.56. The van der Waals surface area contributed by atoms with Crippen molar-refractivity contribution in [2.45, 2.75) is 26.7 Å². The molecule has 0 saturated carbocycles. The maximum absolute atomic E-state index is 4.94. The molecule has 0 spiro atoms.